The zero-order valence-electron chi connectivity index (χ0n) is 18.7. The van der Waals surface area contributed by atoms with E-state index in [1.165, 1.54) is 11.3 Å². The van der Waals surface area contributed by atoms with Crippen LogP contribution in [0.2, 0.25) is 0 Å². The third kappa shape index (κ3) is 7.74. The summed E-state index contributed by atoms with van der Waals surface area (Å²) >= 11 is 1.46. The van der Waals surface area contributed by atoms with E-state index < -0.39 is 6.04 Å². The fourth-order valence-electron chi connectivity index (χ4n) is 3.60. The summed E-state index contributed by atoms with van der Waals surface area (Å²) in [4.78, 5) is 44.6. The van der Waals surface area contributed by atoms with Gasteiger partial charge in [-0.1, -0.05) is 29.9 Å². The molecule has 0 radical (unpaired) electrons. The Morgan fingerprint density at radius 3 is 2.61 bits per heavy atom. The molecule has 5 N–H and O–H groups in total. The van der Waals surface area contributed by atoms with Gasteiger partial charge >= 0.3 is 0 Å². The van der Waals surface area contributed by atoms with Gasteiger partial charge in [0.2, 0.25) is 17.7 Å². The molecule has 3 amide bonds. The van der Waals surface area contributed by atoms with Crippen LogP contribution in [0.5, 0.6) is 0 Å². The van der Waals surface area contributed by atoms with Gasteiger partial charge in [-0.2, -0.15) is 0 Å². The maximum absolute atomic E-state index is 12.4. The number of nitrogens with two attached hydrogens (primary N) is 1. The molecule has 1 saturated heterocycles. The number of aliphatic hydroxyl groups excluding tert-OH is 1. The highest BCUT2D eigenvalue weighted by Crippen LogP contribution is 2.25. The Morgan fingerprint density at radius 2 is 1.88 bits per heavy atom. The molecule has 1 aromatic carbocycles. The summed E-state index contributed by atoms with van der Waals surface area (Å²) in [6.45, 7) is 2.94. The van der Waals surface area contributed by atoms with Crippen LogP contribution in [-0.2, 0) is 14.4 Å². The summed E-state index contributed by atoms with van der Waals surface area (Å²) in [5.41, 5.74) is 6.30. The van der Waals surface area contributed by atoms with Crippen LogP contribution in [-0.4, -0.2) is 89.5 Å². The molecule has 0 aliphatic carbocycles. The second-order valence-electron chi connectivity index (χ2n) is 8.08. The van der Waals surface area contributed by atoms with Gasteiger partial charge < -0.3 is 26.4 Å². The van der Waals surface area contributed by atoms with Gasteiger partial charge in [-0.15, -0.1) is 0 Å². The minimum absolute atomic E-state index is 0.0964. The number of amides is 3. The number of unbranched alkanes of at least 4 members (excludes halogenated alkanes) is 2. The summed E-state index contributed by atoms with van der Waals surface area (Å²) in [5.74, 6) is -0.332. The molecule has 1 fully saturated rings. The van der Waals surface area contributed by atoms with E-state index >= 15 is 0 Å². The van der Waals surface area contributed by atoms with Crippen molar-refractivity contribution in [2.45, 2.75) is 31.7 Å². The Balaban J connectivity index is 1.28. The van der Waals surface area contributed by atoms with E-state index in [9.17, 15) is 14.4 Å². The molecule has 10 nitrogen and oxygen atoms in total. The maximum atomic E-state index is 12.4. The average molecular weight is 477 g/mol. The second kappa shape index (κ2) is 12.6. The molecule has 3 rings (SSSR count). The molecule has 0 saturated carbocycles. The minimum Gasteiger partial charge on any atom is -0.394 e. The van der Waals surface area contributed by atoms with Gasteiger partial charge in [0.1, 0.15) is 6.04 Å². The summed E-state index contributed by atoms with van der Waals surface area (Å²) in [6.07, 6.45) is 2.81. The standard InChI is InChI=1S/C22H32N6O4S/c23-16(15-29)21(32)24-9-5-1-2-8-20(31)28-12-10-27(11-13-28)14-19(30)26-22-25-17-6-3-4-7-18(17)33-22/h3-4,6-7,16,29H,1-2,5,8-15,23H2,(H,24,32)(H,25,26,30)/t16-/m1/s1. The number of carbonyl (C=O) groups excluding carboxylic acids is 3. The predicted molar refractivity (Wildman–Crippen MR) is 128 cm³/mol. The van der Waals surface area contributed by atoms with Crippen LogP contribution >= 0.6 is 11.3 Å². The van der Waals surface area contributed by atoms with Crippen molar-refractivity contribution in [3.8, 4) is 0 Å². The molecule has 0 unspecified atom stereocenters. The van der Waals surface area contributed by atoms with Crippen molar-refractivity contribution in [1.82, 2.24) is 20.1 Å². The van der Waals surface area contributed by atoms with Crippen molar-refractivity contribution in [2.75, 3.05) is 51.2 Å². The van der Waals surface area contributed by atoms with E-state index in [4.69, 9.17) is 10.8 Å². The number of hydrogen-bond donors (Lipinski definition) is 4. The van der Waals surface area contributed by atoms with Gasteiger partial charge in [0.05, 0.1) is 23.4 Å². The number of benzene rings is 1. The van der Waals surface area contributed by atoms with Gasteiger partial charge in [-0.25, -0.2) is 4.98 Å². The lowest BCUT2D eigenvalue weighted by Gasteiger charge is -2.34. The van der Waals surface area contributed by atoms with Crippen molar-refractivity contribution >= 4 is 44.4 Å². The van der Waals surface area contributed by atoms with E-state index in [0.29, 0.717) is 44.3 Å². The zero-order valence-corrected chi connectivity index (χ0v) is 19.5. The number of para-hydroxylation sites is 1. The number of aliphatic hydroxyl groups is 1. The number of anilines is 1. The number of rotatable bonds is 11. The van der Waals surface area contributed by atoms with Crippen LogP contribution in [0.25, 0.3) is 10.2 Å². The molecule has 180 valence electrons. The highest BCUT2D eigenvalue weighted by Gasteiger charge is 2.22. The summed E-state index contributed by atoms with van der Waals surface area (Å²) in [5, 5.41) is 15.0. The molecule has 11 heteroatoms. The highest BCUT2D eigenvalue weighted by atomic mass is 32.1. The second-order valence-corrected chi connectivity index (χ2v) is 9.11. The number of hydrogen-bond acceptors (Lipinski definition) is 8. The van der Waals surface area contributed by atoms with Gasteiger partial charge in [0, 0.05) is 39.1 Å². The Morgan fingerprint density at radius 1 is 1.12 bits per heavy atom. The number of thiazole rings is 1. The number of fused-ring (bicyclic) bond motifs is 1. The van der Waals surface area contributed by atoms with Gasteiger partial charge in [0.15, 0.2) is 5.13 Å². The molecule has 1 aromatic heterocycles. The van der Waals surface area contributed by atoms with E-state index in [1.54, 1.807) is 0 Å². The Hall–Kier alpha value is -2.60. The third-order valence-electron chi connectivity index (χ3n) is 5.53. The number of aromatic nitrogens is 1. The van der Waals surface area contributed by atoms with Crippen LogP contribution in [0, 0.1) is 0 Å². The number of nitrogens with zero attached hydrogens (tertiary/aromatic N) is 3. The lowest BCUT2D eigenvalue weighted by atomic mass is 10.1. The number of piperazine rings is 1. The van der Waals surface area contributed by atoms with Crippen molar-refractivity contribution in [3.63, 3.8) is 0 Å². The first-order valence-electron chi connectivity index (χ1n) is 11.3. The molecular weight excluding hydrogens is 444 g/mol. The molecule has 2 heterocycles. The fourth-order valence-corrected chi connectivity index (χ4v) is 4.49. The van der Waals surface area contributed by atoms with E-state index in [-0.39, 0.29) is 30.9 Å². The topological polar surface area (TPSA) is 141 Å². The molecule has 1 atom stereocenters. The monoisotopic (exact) mass is 476 g/mol. The third-order valence-corrected chi connectivity index (χ3v) is 6.48. The summed E-state index contributed by atoms with van der Waals surface area (Å²) in [6, 6.07) is 6.88. The molecule has 2 aromatic rings. The van der Waals surface area contributed by atoms with Crippen LogP contribution < -0.4 is 16.4 Å². The number of nitrogens with one attached hydrogen (secondary N) is 2. The first kappa shape index (κ1) is 25.0. The lowest BCUT2D eigenvalue weighted by Crippen LogP contribution is -2.50. The Labute approximate surface area is 197 Å². The molecular formula is C22H32N6O4S. The predicted octanol–water partition coefficient (Wildman–Crippen LogP) is 0.375. The van der Waals surface area contributed by atoms with Crippen molar-refractivity contribution in [2.24, 2.45) is 5.73 Å². The maximum Gasteiger partial charge on any atom is 0.240 e. The SMILES string of the molecule is N[C@H](CO)C(=O)NCCCCCC(=O)N1CCN(CC(=O)Nc2nc3ccccc3s2)CC1. The van der Waals surface area contributed by atoms with E-state index in [2.05, 4.69) is 15.6 Å². The smallest absolute Gasteiger partial charge is 0.240 e. The first-order valence-corrected chi connectivity index (χ1v) is 12.1. The van der Waals surface area contributed by atoms with E-state index in [0.717, 1.165) is 29.5 Å². The molecule has 0 spiro atoms. The molecule has 1 aliphatic heterocycles. The summed E-state index contributed by atoms with van der Waals surface area (Å²) < 4.78 is 1.04. The molecule has 33 heavy (non-hydrogen) atoms. The molecule has 1 aliphatic rings. The normalized spacial score (nSPS) is 15.4. The van der Waals surface area contributed by atoms with Crippen molar-refractivity contribution in [1.29, 1.82) is 0 Å². The Bertz CT molecular complexity index is 911. The first-order chi connectivity index (χ1) is 16.0. The largest absolute Gasteiger partial charge is 0.394 e. The summed E-state index contributed by atoms with van der Waals surface area (Å²) in [7, 11) is 0. The van der Waals surface area contributed by atoms with Gasteiger partial charge in [0.25, 0.3) is 0 Å². The van der Waals surface area contributed by atoms with Crippen molar-refractivity contribution in [3.05, 3.63) is 24.3 Å². The fraction of sp³-hybridized carbons (Fsp3) is 0.545. The number of carbonyl (C=O) groups is 3. The van der Waals surface area contributed by atoms with Crippen LogP contribution in [0.3, 0.4) is 0 Å². The van der Waals surface area contributed by atoms with Crippen molar-refractivity contribution < 1.29 is 19.5 Å². The van der Waals surface area contributed by atoms with E-state index in [1.807, 2.05) is 34.1 Å². The average Bonchev–Trinajstić information content (AvgIpc) is 3.22. The lowest BCUT2D eigenvalue weighted by molar-refractivity contribution is -0.133. The van der Waals surface area contributed by atoms with Crippen LogP contribution in [0.1, 0.15) is 25.7 Å². The Kier molecular flexibility index (Phi) is 9.55. The minimum atomic E-state index is -0.885. The van der Waals surface area contributed by atoms with Gasteiger partial charge in [-0.3, -0.25) is 19.3 Å². The quantitative estimate of drug-likeness (QED) is 0.344. The van der Waals surface area contributed by atoms with Crippen LogP contribution in [0.15, 0.2) is 24.3 Å². The van der Waals surface area contributed by atoms with Crippen LogP contribution in [0.4, 0.5) is 5.13 Å². The molecule has 0 bridgehead atoms. The van der Waals surface area contributed by atoms with Gasteiger partial charge in [-0.05, 0) is 25.0 Å². The zero-order chi connectivity index (χ0) is 23.6. The highest BCUT2D eigenvalue weighted by molar-refractivity contribution is 7.22.